The molecule has 0 aliphatic carbocycles. The monoisotopic (exact) mass is 443 g/mol. The zero-order chi connectivity index (χ0) is 23.0. The van der Waals surface area contributed by atoms with Gasteiger partial charge in [-0.2, -0.15) is 0 Å². The largest absolute Gasteiger partial charge is 0.318 e. The van der Waals surface area contributed by atoms with Gasteiger partial charge in [-0.1, -0.05) is 37.3 Å². The molecule has 5 nitrogen and oxygen atoms in total. The summed E-state index contributed by atoms with van der Waals surface area (Å²) >= 11 is 5.32. The van der Waals surface area contributed by atoms with Gasteiger partial charge in [0.1, 0.15) is 5.57 Å². The minimum atomic E-state index is -0.484. The third-order valence-corrected chi connectivity index (χ3v) is 6.12. The normalized spacial score (nSPS) is 15.4. The van der Waals surface area contributed by atoms with Crippen LogP contribution in [0.2, 0.25) is 0 Å². The van der Waals surface area contributed by atoms with Crippen molar-refractivity contribution in [2.24, 2.45) is 0 Å². The first-order chi connectivity index (χ1) is 15.3. The number of aromatic nitrogens is 1. The Hall–Kier alpha value is -3.51. The molecule has 1 saturated heterocycles. The van der Waals surface area contributed by atoms with Crippen molar-refractivity contribution < 1.29 is 9.59 Å². The molecule has 2 heterocycles. The number of thiocarbonyl (C=S) groups is 1. The van der Waals surface area contributed by atoms with Crippen molar-refractivity contribution in [3.05, 3.63) is 88.2 Å². The third-order valence-electron chi connectivity index (χ3n) is 5.83. The van der Waals surface area contributed by atoms with E-state index in [4.69, 9.17) is 12.2 Å². The lowest BCUT2D eigenvalue weighted by atomic mass is 10.1. The highest BCUT2D eigenvalue weighted by molar-refractivity contribution is 7.80. The number of hydrogen-bond acceptors (Lipinski definition) is 3. The SMILES string of the molecule is CCc1ccc(-n2c(C)cc(/C=C3\C(=O)NC(=S)N(c4ccccc4C)C3=O)c2C)cc1. The van der Waals surface area contributed by atoms with Gasteiger partial charge in [-0.3, -0.25) is 19.8 Å². The van der Waals surface area contributed by atoms with Crippen molar-refractivity contribution >= 4 is 40.9 Å². The number of amides is 2. The average molecular weight is 444 g/mol. The maximum Gasteiger partial charge on any atom is 0.270 e. The van der Waals surface area contributed by atoms with Crippen LogP contribution in [-0.2, 0) is 16.0 Å². The Morgan fingerprint density at radius 2 is 1.69 bits per heavy atom. The van der Waals surface area contributed by atoms with E-state index in [1.54, 1.807) is 6.08 Å². The summed E-state index contributed by atoms with van der Waals surface area (Å²) in [6.45, 7) is 8.04. The summed E-state index contributed by atoms with van der Waals surface area (Å²) in [6.07, 6.45) is 2.64. The van der Waals surface area contributed by atoms with E-state index < -0.39 is 11.8 Å². The lowest BCUT2D eigenvalue weighted by Crippen LogP contribution is -2.54. The lowest BCUT2D eigenvalue weighted by Gasteiger charge is -2.30. The fraction of sp³-hybridized carbons (Fsp3) is 0.192. The minimum absolute atomic E-state index is 0.0587. The molecule has 0 atom stereocenters. The van der Waals surface area contributed by atoms with Gasteiger partial charge in [0.2, 0.25) is 0 Å². The summed E-state index contributed by atoms with van der Waals surface area (Å²) in [5.74, 6) is -0.910. The molecule has 32 heavy (non-hydrogen) atoms. The smallest absolute Gasteiger partial charge is 0.270 e. The van der Waals surface area contributed by atoms with E-state index in [0.717, 1.165) is 34.6 Å². The van der Waals surface area contributed by atoms with E-state index in [2.05, 4.69) is 41.1 Å². The first kappa shape index (κ1) is 21.7. The number of aryl methyl sites for hydroxylation is 3. The molecule has 162 valence electrons. The van der Waals surface area contributed by atoms with Crippen LogP contribution in [0, 0.1) is 20.8 Å². The molecule has 1 aliphatic heterocycles. The molecule has 2 amide bonds. The molecule has 1 aromatic heterocycles. The second-order valence-corrected chi connectivity index (χ2v) is 8.31. The molecule has 3 aromatic rings. The van der Waals surface area contributed by atoms with Crippen molar-refractivity contribution in [1.29, 1.82) is 0 Å². The Bertz CT molecular complexity index is 1270. The van der Waals surface area contributed by atoms with Crippen LogP contribution in [0.1, 0.15) is 35.0 Å². The molecule has 0 saturated carbocycles. The number of hydrogen-bond donors (Lipinski definition) is 1. The van der Waals surface area contributed by atoms with E-state index in [1.165, 1.54) is 10.5 Å². The fourth-order valence-electron chi connectivity index (χ4n) is 4.06. The quantitative estimate of drug-likeness (QED) is 0.358. The molecule has 0 spiro atoms. The first-order valence-electron chi connectivity index (χ1n) is 10.6. The molecular formula is C26H25N3O2S. The molecule has 2 aromatic carbocycles. The molecule has 0 bridgehead atoms. The zero-order valence-electron chi connectivity index (χ0n) is 18.6. The number of nitrogens with one attached hydrogen (secondary N) is 1. The number of nitrogens with zero attached hydrogens (tertiary/aromatic N) is 2. The molecule has 1 fully saturated rings. The van der Waals surface area contributed by atoms with Crippen LogP contribution in [0.4, 0.5) is 5.69 Å². The summed E-state index contributed by atoms with van der Waals surface area (Å²) in [6, 6.07) is 17.9. The van der Waals surface area contributed by atoms with Gasteiger partial charge in [0, 0.05) is 17.1 Å². The molecule has 0 radical (unpaired) electrons. The van der Waals surface area contributed by atoms with E-state index in [-0.39, 0.29) is 10.7 Å². The number of carbonyl (C=O) groups excluding carboxylic acids is 2. The van der Waals surface area contributed by atoms with Crippen molar-refractivity contribution in [2.45, 2.75) is 34.1 Å². The number of anilines is 1. The second kappa shape index (κ2) is 8.55. The van der Waals surface area contributed by atoms with E-state index in [9.17, 15) is 9.59 Å². The van der Waals surface area contributed by atoms with E-state index in [0.29, 0.717) is 5.69 Å². The van der Waals surface area contributed by atoms with Crippen LogP contribution < -0.4 is 10.2 Å². The highest BCUT2D eigenvalue weighted by Crippen LogP contribution is 2.27. The molecule has 4 rings (SSSR count). The van der Waals surface area contributed by atoms with Gasteiger partial charge in [-0.25, -0.2) is 0 Å². The molecule has 1 N–H and O–H groups in total. The summed E-state index contributed by atoms with van der Waals surface area (Å²) in [7, 11) is 0. The number of carbonyl (C=O) groups is 2. The van der Waals surface area contributed by atoms with Crippen molar-refractivity contribution in [3.63, 3.8) is 0 Å². The Balaban J connectivity index is 1.76. The van der Waals surface area contributed by atoms with Gasteiger partial charge in [0.15, 0.2) is 5.11 Å². The lowest BCUT2D eigenvalue weighted by molar-refractivity contribution is -0.122. The maximum absolute atomic E-state index is 13.3. The number of benzene rings is 2. The Labute approximate surface area is 193 Å². The summed E-state index contributed by atoms with van der Waals surface area (Å²) in [5, 5.41) is 2.75. The average Bonchev–Trinajstić information content (AvgIpc) is 3.05. The van der Waals surface area contributed by atoms with Crippen molar-refractivity contribution in [3.8, 4) is 5.69 Å². The summed E-state index contributed by atoms with van der Waals surface area (Å²) in [4.78, 5) is 27.4. The number of rotatable bonds is 4. The standard InChI is InChI=1S/C26H25N3O2S/c1-5-19-10-12-21(13-11-19)28-17(3)14-20(18(28)4)15-22-24(30)27-26(32)29(25(22)31)23-9-7-6-8-16(23)2/h6-15H,5H2,1-4H3,(H,27,30,32)/b22-15+. The highest BCUT2D eigenvalue weighted by Gasteiger charge is 2.35. The zero-order valence-corrected chi connectivity index (χ0v) is 19.4. The van der Waals surface area contributed by atoms with Crippen molar-refractivity contribution in [2.75, 3.05) is 4.90 Å². The van der Waals surface area contributed by atoms with Gasteiger partial charge >= 0.3 is 0 Å². The van der Waals surface area contributed by atoms with Crippen molar-refractivity contribution in [1.82, 2.24) is 9.88 Å². The highest BCUT2D eigenvalue weighted by atomic mass is 32.1. The van der Waals surface area contributed by atoms with Gasteiger partial charge in [-0.05, 0) is 86.4 Å². The molecule has 6 heteroatoms. The molecular weight excluding hydrogens is 418 g/mol. The maximum atomic E-state index is 13.3. The predicted molar refractivity (Wildman–Crippen MR) is 132 cm³/mol. The van der Waals surface area contributed by atoms with Crippen LogP contribution in [0.5, 0.6) is 0 Å². The predicted octanol–water partition coefficient (Wildman–Crippen LogP) is 4.80. The topological polar surface area (TPSA) is 54.3 Å². The second-order valence-electron chi connectivity index (χ2n) is 7.93. The number of para-hydroxylation sites is 1. The van der Waals surface area contributed by atoms with Gasteiger partial charge in [-0.15, -0.1) is 0 Å². The van der Waals surface area contributed by atoms with Crippen LogP contribution in [0.3, 0.4) is 0 Å². The van der Waals surface area contributed by atoms with E-state index in [1.807, 2.05) is 51.1 Å². The third kappa shape index (κ3) is 3.78. The summed E-state index contributed by atoms with van der Waals surface area (Å²) in [5.41, 5.74) is 6.73. The molecule has 1 aliphatic rings. The van der Waals surface area contributed by atoms with E-state index >= 15 is 0 Å². The summed E-state index contributed by atoms with van der Waals surface area (Å²) < 4.78 is 2.13. The minimum Gasteiger partial charge on any atom is -0.318 e. The van der Waals surface area contributed by atoms with Crippen LogP contribution in [0.25, 0.3) is 11.8 Å². The Morgan fingerprint density at radius 1 is 1.00 bits per heavy atom. The molecule has 0 unspecified atom stereocenters. The Morgan fingerprint density at radius 3 is 2.34 bits per heavy atom. The van der Waals surface area contributed by atoms with Gasteiger partial charge < -0.3 is 4.57 Å². The van der Waals surface area contributed by atoms with Gasteiger partial charge in [0.05, 0.1) is 5.69 Å². The van der Waals surface area contributed by atoms with Crippen LogP contribution in [-0.4, -0.2) is 21.5 Å². The van der Waals surface area contributed by atoms with Gasteiger partial charge in [0.25, 0.3) is 11.8 Å². The Kier molecular flexibility index (Phi) is 5.80. The first-order valence-corrected chi connectivity index (χ1v) is 11.0. The van der Waals surface area contributed by atoms with Crippen LogP contribution >= 0.6 is 12.2 Å². The van der Waals surface area contributed by atoms with Crippen LogP contribution in [0.15, 0.2) is 60.2 Å². The fourth-order valence-corrected chi connectivity index (χ4v) is 4.33.